The van der Waals surface area contributed by atoms with Crippen molar-refractivity contribution in [1.29, 1.82) is 0 Å². The molecule has 2 heterocycles. The quantitative estimate of drug-likeness (QED) is 0.599. The van der Waals surface area contributed by atoms with Crippen molar-refractivity contribution in [2.24, 2.45) is 11.8 Å². The Morgan fingerprint density at radius 3 is 2.68 bits per heavy atom. The average Bonchev–Trinajstić information content (AvgIpc) is 2.83. The van der Waals surface area contributed by atoms with Crippen LogP contribution in [0.5, 0.6) is 5.88 Å². The Morgan fingerprint density at radius 1 is 1.18 bits per heavy atom. The Hall–Kier alpha value is -3.75. The highest BCUT2D eigenvalue weighted by Gasteiger charge is 2.33. The number of fused-ring (bicyclic) bond motifs is 1. The van der Waals surface area contributed by atoms with Crippen LogP contribution in [0.15, 0.2) is 48.7 Å². The maximum atomic E-state index is 13.2. The van der Waals surface area contributed by atoms with Gasteiger partial charge in [-0.15, -0.1) is 0 Å². The predicted octanol–water partition coefficient (Wildman–Crippen LogP) is 2.23. The summed E-state index contributed by atoms with van der Waals surface area (Å²) in [6.45, 7) is 3.96. The molecule has 0 spiro atoms. The van der Waals surface area contributed by atoms with E-state index in [0.717, 1.165) is 5.56 Å². The first kappa shape index (κ1) is 24.9. The second-order valence-electron chi connectivity index (χ2n) is 8.44. The number of carbonyl (C=O) groups excluding carboxylic acids is 4. The number of carbonyl (C=O) groups is 4. The Balaban J connectivity index is 1.70. The third kappa shape index (κ3) is 6.87. The lowest BCUT2D eigenvalue weighted by Gasteiger charge is -2.24. The molecule has 1 aliphatic heterocycles. The van der Waals surface area contributed by atoms with E-state index >= 15 is 0 Å². The van der Waals surface area contributed by atoms with Gasteiger partial charge in [-0.2, -0.15) is 0 Å². The fourth-order valence-electron chi connectivity index (χ4n) is 3.70. The number of alkyl carbamates (subject to hydrolysis) is 1. The first-order valence-electron chi connectivity index (χ1n) is 11.2. The molecule has 2 N–H and O–H groups in total. The third-order valence-electron chi connectivity index (χ3n) is 5.48. The first-order valence-corrected chi connectivity index (χ1v) is 11.2. The van der Waals surface area contributed by atoms with E-state index in [4.69, 9.17) is 9.47 Å². The molecule has 9 heteroatoms. The van der Waals surface area contributed by atoms with Crippen molar-refractivity contribution < 1.29 is 28.7 Å². The number of nitrogens with zero attached hydrogens (tertiary/aromatic N) is 1. The van der Waals surface area contributed by atoms with Crippen molar-refractivity contribution in [2.75, 3.05) is 13.2 Å². The second-order valence-corrected chi connectivity index (χ2v) is 8.44. The summed E-state index contributed by atoms with van der Waals surface area (Å²) in [5, 5.41) is 5.12. The van der Waals surface area contributed by atoms with Crippen molar-refractivity contribution in [3.8, 4) is 5.88 Å². The molecule has 180 valence electrons. The fourth-order valence-corrected chi connectivity index (χ4v) is 3.70. The lowest BCUT2D eigenvalue weighted by atomic mass is 9.86. The summed E-state index contributed by atoms with van der Waals surface area (Å²) in [6.07, 6.45) is 0.742. The van der Waals surface area contributed by atoms with Gasteiger partial charge in [-0.05, 0) is 24.0 Å². The summed E-state index contributed by atoms with van der Waals surface area (Å²) in [6, 6.07) is 11.8. The molecule has 1 aliphatic rings. The predicted molar refractivity (Wildman–Crippen MR) is 123 cm³/mol. The van der Waals surface area contributed by atoms with Crippen LogP contribution >= 0.6 is 0 Å². The molecule has 1 aromatic carbocycles. The van der Waals surface area contributed by atoms with Gasteiger partial charge in [0.15, 0.2) is 5.78 Å². The number of rotatable bonds is 7. The van der Waals surface area contributed by atoms with Gasteiger partial charge in [0.2, 0.25) is 11.7 Å². The van der Waals surface area contributed by atoms with E-state index < -0.39 is 29.7 Å². The largest absolute Gasteiger partial charge is 0.476 e. The zero-order valence-electron chi connectivity index (χ0n) is 19.3. The van der Waals surface area contributed by atoms with E-state index in [9.17, 15) is 19.2 Å². The van der Waals surface area contributed by atoms with Gasteiger partial charge in [0.05, 0.1) is 12.6 Å². The minimum Gasteiger partial charge on any atom is -0.476 e. The molecule has 0 saturated carbocycles. The number of nitrogens with one attached hydrogen (secondary N) is 2. The maximum Gasteiger partial charge on any atom is 0.408 e. The number of ketones is 2. The molecule has 34 heavy (non-hydrogen) atoms. The van der Waals surface area contributed by atoms with Crippen LogP contribution in [0.25, 0.3) is 0 Å². The number of Topliss-reactive ketones (excluding diaryl/α,β-unsaturated/α-hetero) is 2. The summed E-state index contributed by atoms with van der Waals surface area (Å²) >= 11 is 0. The zero-order valence-corrected chi connectivity index (χ0v) is 19.3. The van der Waals surface area contributed by atoms with E-state index in [2.05, 4.69) is 15.6 Å². The van der Waals surface area contributed by atoms with E-state index in [-0.39, 0.29) is 44.3 Å². The van der Waals surface area contributed by atoms with Crippen molar-refractivity contribution in [1.82, 2.24) is 15.6 Å². The Labute approximate surface area is 198 Å². The SMILES string of the molecule is CC(C)C(NC(=O)OCc1ccccc1)C(=O)CC1Cc2cccnc2OCCNC(=O)C1=O. The number of hydrogen-bond donors (Lipinski definition) is 2. The van der Waals surface area contributed by atoms with Gasteiger partial charge in [-0.1, -0.05) is 50.2 Å². The maximum absolute atomic E-state index is 13.2. The van der Waals surface area contributed by atoms with E-state index in [1.165, 1.54) is 0 Å². The summed E-state index contributed by atoms with van der Waals surface area (Å²) in [7, 11) is 0. The molecule has 2 amide bonds. The molecule has 2 unspecified atom stereocenters. The molecule has 0 aliphatic carbocycles. The van der Waals surface area contributed by atoms with Gasteiger partial charge in [0.25, 0.3) is 5.91 Å². The number of ether oxygens (including phenoxy) is 2. The highest BCUT2D eigenvalue weighted by atomic mass is 16.5. The van der Waals surface area contributed by atoms with Crippen LogP contribution in [-0.4, -0.2) is 47.7 Å². The lowest BCUT2D eigenvalue weighted by molar-refractivity contribution is -0.141. The normalized spacial score (nSPS) is 17.1. The topological polar surface area (TPSA) is 124 Å². The molecule has 0 bridgehead atoms. The average molecular weight is 468 g/mol. The Morgan fingerprint density at radius 2 is 1.94 bits per heavy atom. The fraction of sp³-hybridized carbons (Fsp3) is 0.400. The van der Waals surface area contributed by atoms with Crippen molar-refractivity contribution in [3.05, 3.63) is 59.8 Å². The molecular weight excluding hydrogens is 438 g/mol. The summed E-state index contributed by atoms with van der Waals surface area (Å²) in [5.74, 6) is -2.60. The van der Waals surface area contributed by atoms with Gasteiger partial charge in [0, 0.05) is 24.1 Å². The van der Waals surface area contributed by atoms with Crippen LogP contribution in [0.3, 0.4) is 0 Å². The van der Waals surface area contributed by atoms with E-state index in [1.54, 1.807) is 32.2 Å². The number of aromatic nitrogens is 1. The molecule has 2 aromatic rings. The minimum atomic E-state index is -0.916. The van der Waals surface area contributed by atoms with Gasteiger partial charge in [-0.3, -0.25) is 14.4 Å². The number of hydrogen-bond acceptors (Lipinski definition) is 7. The van der Waals surface area contributed by atoms with Gasteiger partial charge >= 0.3 is 6.09 Å². The monoisotopic (exact) mass is 467 g/mol. The molecular formula is C25H29N3O6. The molecule has 2 atom stereocenters. The highest BCUT2D eigenvalue weighted by Crippen LogP contribution is 2.23. The lowest BCUT2D eigenvalue weighted by Crippen LogP contribution is -2.46. The highest BCUT2D eigenvalue weighted by molar-refractivity contribution is 6.37. The molecule has 0 fully saturated rings. The molecule has 9 nitrogen and oxygen atoms in total. The Kier molecular flexibility index (Phi) is 8.73. The van der Waals surface area contributed by atoms with Gasteiger partial charge < -0.3 is 20.1 Å². The van der Waals surface area contributed by atoms with Crippen LogP contribution in [0.1, 0.15) is 31.4 Å². The molecule has 0 radical (unpaired) electrons. The van der Waals surface area contributed by atoms with Gasteiger partial charge in [-0.25, -0.2) is 9.78 Å². The zero-order chi connectivity index (χ0) is 24.5. The van der Waals surface area contributed by atoms with E-state index in [1.807, 2.05) is 30.3 Å². The number of benzene rings is 1. The smallest absolute Gasteiger partial charge is 0.408 e. The summed E-state index contributed by atoms with van der Waals surface area (Å²) in [4.78, 5) is 54.9. The van der Waals surface area contributed by atoms with Gasteiger partial charge in [0.1, 0.15) is 13.2 Å². The van der Waals surface area contributed by atoms with Crippen molar-refractivity contribution in [3.63, 3.8) is 0 Å². The van der Waals surface area contributed by atoms with Crippen LogP contribution in [0.2, 0.25) is 0 Å². The van der Waals surface area contributed by atoms with Crippen LogP contribution < -0.4 is 15.4 Å². The van der Waals surface area contributed by atoms with Crippen LogP contribution in [0.4, 0.5) is 4.79 Å². The standard InChI is InChI=1S/C25H29N3O6/c1-16(2)21(28-25(32)34-15-17-7-4-3-5-8-17)20(29)14-19-13-18-9-6-10-27-24(18)33-12-11-26-23(31)22(19)30/h3-10,16,19,21H,11-15H2,1-2H3,(H,26,31)(H,28,32). The molecule has 3 rings (SSSR count). The minimum absolute atomic E-state index is 0.0662. The second kappa shape index (κ2) is 11.9. The van der Waals surface area contributed by atoms with Crippen LogP contribution in [0, 0.1) is 11.8 Å². The van der Waals surface area contributed by atoms with E-state index in [0.29, 0.717) is 11.4 Å². The third-order valence-corrected chi connectivity index (χ3v) is 5.48. The number of pyridine rings is 1. The first-order chi connectivity index (χ1) is 16.3. The number of amides is 2. The Bertz CT molecular complexity index is 1020. The van der Waals surface area contributed by atoms with Crippen molar-refractivity contribution >= 4 is 23.6 Å². The van der Waals surface area contributed by atoms with Crippen LogP contribution in [-0.2, 0) is 32.1 Å². The van der Waals surface area contributed by atoms with Crippen molar-refractivity contribution in [2.45, 2.75) is 39.3 Å². The summed E-state index contributed by atoms with van der Waals surface area (Å²) in [5.41, 5.74) is 1.46. The summed E-state index contributed by atoms with van der Waals surface area (Å²) < 4.78 is 10.8. The molecule has 0 saturated heterocycles. The molecule has 1 aromatic heterocycles.